The van der Waals surface area contributed by atoms with E-state index in [9.17, 15) is 0 Å². The number of hydrogen-bond acceptors (Lipinski definition) is 4. The first-order chi connectivity index (χ1) is 10.9. The van der Waals surface area contributed by atoms with Crippen molar-refractivity contribution in [2.45, 2.75) is 59.8 Å². The summed E-state index contributed by atoms with van der Waals surface area (Å²) in [5.74, 6) is 3.97. The van der Waals surface area contributed by atoms with Gasteiger partial charge in [0, 0.05) is 27.8 Å². The fourth-order valence-corrected chi connectivity index (χ4v) is 3.04. The summed E-state index contributed by atoms with van der Waals surface area (Å²) < 4.78 is 0. The number of oxime groups is 2. The largest absolute Gasteiger partial charge is 0.411 e. The second kappa shape index (κ2) is 12.2. The van der Waals surface area contributed by atoms with E-state index in [1.165, 1.54) is 18.0 Å². The van der Waals surface area contributed by atoms with Crippen molar-refractivity contribution in [3.8, 4) is 10.8 Å². The van der Waals surface area contributed by atoms with Crippen LogP contribution in [0.2, 0.25) is 0 Å². The first-order valence-corrected chi connectivity index (χ1v) is 8.87. The molecule has 130 valence electrons. The molecule has 0 radical (unpaired) electrons. The highest BCUT2D eigenvalue weighted by molar-refractivity contribution is 9.12. The second-order valence-corrected chi connectivity index (χ2v) is 6.80. The molecule has 0 aliphatic carbocycles. The van der Waals surface area contributed by atoms with Gasteiger partial charge in [0.2, 0.25) is 0 Å². The van der Waals surface area contributed by atoms with Crippen molar-refractivity contribution in [2.24, 2.45) is 27.6 Å². The summed E-state index contributed by atoms with van der Waals surface area (Å²) in [5.41, 5.74) is 0.874. The van der Waals surface area contributed by atoms with Gasteiger partial charge in [-0.25, -0.2) is 0 Å². The van der Waals surface area contributed by atoms with Gasteiger partial charge >= 0.3 is 0 Å². The Hall–Kier alpha value is -1.28. The van der Waals surface area contributed by atoms with Crippen LogP contribution in [-0.2, 0) is 0 Å². The van der Waals surface area contributed by atoms with Crippen LogP contribution in [0.4, 0.5) is 0 Å². The van der Waals surface area contributed by atoms with Crippen LogP contribution in [-0.4, -0.2) is 22.8 Å². The predicted octanol–water partition coefficient (Wildman–Crippen LogP) is 5.44. The molecule has 4 nitrogen and oxygen atoms in total. The van der Waals surface area contributed by atoms with Crippen molar-refractivity contribution in [2.75, 3.05) is 0 Å². The Labute approximate surface area is 148 Å². The van der Waals surface area contributed by atoms with Gasteiger partial charge in [0.05, 0.1) is 12.4 Å². The zero-order chi connectivity index (χ0) is 17.7. The van der Waals surface area contributed by atoms with E-state index in [2.05, 4.69) is 70.8 Å². The molecule has 2 N–H and O–H groups in total. The third-order valence-corrected chi connectivity index (χ3v) is 4.24. The van der Waals surface area contributed by atoms with Gasteiger partial charge in [0.1, 0.15) is 0 Å². The van der Waals surface area contributed by atoms with Crippen LogP contribution >= 0.6 is 15.9 Å². The van der Waals surface area contributed by atoms with Gasteiger partial charge in [-0.3, -0.25) is 0 Å². The summed E-state index contributed by atoms with van der Waals surface area (Å²) in [5, 5.41) is 24.4. The van der Waals surface area contributed by atoms with Gasteiger partial charge in [-0.15, -0.1) is 10.3 Å². The Morgan fingerprint density at radius 1 is 1.09 bits per heavy atom. The molecule has 0 aromatic rings. The molecule has 0 atom stereocenters. The first kappa shape index (κ1) is 21.7. The van der Waals surface area contributed by atoms with Crippen LogP contribution in [0, 0.1) is 28.0 Å². The number of hydrogen-bond donors (Lipinski definition) is 2. The van der Waals surface area contributed by atoms with E-state index in [1.54, 1.807) is 0 Å². The summed E-state index contributed by atoms with van der Waals surface area (Å²) in [4.78, 5) is 2.69. The minimum absolute atomic E-state index is 0.511. The lowest BCUT2D eigenvalue weighted by Gasteiger charge is -2.24. The summed E-state index contributed by atoms with van der Waals surface area (Å²) in [6.45, 7) is 8.79. The van der Waals surface area contributed by atoms with Crippen LogP contribution in [0.5, 0.6) is 0 Å². The highest BCUT2D eigenvalue weighted by atomic mass is 79.9. The van der Waals surface area contributed by atoms with E-state index in [0.29, 0.717) is 11.8 Å². The van der Waals surface area contributed by atoms with Crippen LogP contribution in [0.1, 0.15) is 59.8 Å². The summed E-state index contributed by atoms with van der Waals surface area (Å²) >= 11 is 3.07. The van der Waals surface area contributed by atoms with E-state index < -0.39 is 5.41 Å². The average molecular weight is 385 g/mol. The van der Waals surface area contributed by atoms with Crippen molar-refractivity contribution in [3.05, 3.63) is 11.6 Å². The number of nitrogens with zero attached hydrogens (tertiary/aromatic N) is 2. The molecule has 0 saturated heterocycles. The topological polar surface area (TPSA) is 65.2 Å². The second-order valence-electron chi connectivity index (χ2n) is 6.40. The molecule has 0 saturated carbocycles. The lowest BCUT2D eigenvalue weighted by Crippen LogP contribution is -2.25. The number of unbranched alkanes of at least 4 members (excludes halogenated alkanes) is 1. The Morgan fingerprint density at radius 2 is 1.65 bits per heavy atom. The Balaban J connectivity index is 5.05. The molecule has 0 rings (SSSR count). The van der Waals surface area contributed by atoms with Gasteiger partial charge in [0.25, 0.3) is 0 Å². The van der Waals surface area contributed by atoms with E-state index in [1.807, 2.05) is 0 Å². The maximum Gasteiger partial charge on any atom is 0.0552 e. The summed E-state index contributed by atoms with van der Waals surface area (Å²) in [6.07, 6.45) is 9.05. The Bertz CT molecular complexity index is 449. The molecule has 0 fully saturated rings. The van der Waals surface area contributed by atoms with E-state index in [0.717, 1.165) is 32.1 Å². The fourth-order valence-electron chi connectivity index (χ4n) is 2.85. The van der Waals surface area contributed by atoms with Gasteiger partial charge in [0.15, 0.2) is 0 Å². The molecule has 0 aliphatic rings. The van der Waals surface area contributed by atoms with Crippen LogP contribution in [0.3, 0.4) is 0 Å². The van der Waals surface area contributed by atoms with Crippen LogP contribution in [0.25, 0.3) is 0 Å². The molecular formula is C18H29BrN2O2. The summed E-state index contributed by atoms with van der Waals surface area (Å²) in [7, 11) is 0. The van der Waals surface area contributed by atoms with Gasteiger partial charge in [-0.1, -0.05) is 45.3 Å². The lowest BCUT2D eigenvalue weighted by molar-refractivity contribution is 0.304. The number of halogens is 1. The third-order valence-electron chi connectivity index (χ3n) is 3.96. The summed E-state index contributed by atoms with van der Waals surface area (Å²) in [6, 6.07) is 0. The molecule has 0 spiro atoms. The Morgan fingerprint density at radius 3 is 2.09 bits per heavy atom. The minimum atomic E-state index is -0.549. The molecule has 0 heterocycles. The molecule has 5 heteroatoms. The van der Waals surface area contributed by atoms with Crippen molar-refractivity contribution in [1.29, 1.82) is 0 Å². The van der Waals surface area contributed by atoms with Crippen molar-refractivity contribution < 1.29 is 10.4 Å². The zero-order valence-electron chi connectivity index (χ0n) is 14.6. The smallest absolute Gasteiger partial charge is 0.0552 e. The van der Waals surface area contributed by atoms with Gasteiger partial charge < -0.3 is 10.4 Å². The SMILES string of the molecule is CC(C)C(=CCCC(/C=N/O)(/C=N/O)CCCC#CBr)C(C)C. The molecule has 0 amide bonds. The molecular weight excluding hydrogens is 356 g/mol. The minimum Gasteiger partial charge on any atom is -0.411 e. The first-order valence-electron chi connectivity index (χ1n) is 8.08. The zero-order valence-corrected chi connectivity index (χ0v) is 16.2. The maximum absolute atomic E-state index is 8.99. The van der Waals surface area contributed by atoms with Crippen molar-refractivity contribution >= 4 is 28.4 Å². The average Bonchev–Trinajstić information content (AvgIpc) is 2.48. The fraction of sp³-hybridized carbons (Fsp3) is 0.667. The molecule has 0 aromatic carbocycles. The number of allylic oxidation sites excluding steroid dienone is 2. The monoisotopic (exact) mass is 384 g/mol. The normalized spacial score (nSPS) is 12.1. The highest BCUT2D eigenvalue weighted by Crippen LogP contribution is 2.29. The van der Waals surface area contributed by atoms with Crippen molar-refractivity contribution in [3.63, 3.8) is 0 Å². The molecule has 0 aliphatic heterocycles. The van der Waals surface area contributed by atoms with Crippen LogP contribution < -0.4 is 0 Å². The van der Waals surface area contributed by atoms with E-state index in [4.69, 9.17) is 10.4 Å². The van der Waals surface area contributed by atoms with Gasteiger partial charge in [-0.05, 0) is 42.3 Å². The van der Waals surface area contributed by atoms with Crippen LogP contribution in [0.15, 0.2) is 22.0 Å². The molecule has 23 heavy (non-hydrogen) atoms. The molecule has 0 bridgehead atoms. The number of rotatable bonds is 10. The third kappa shape index (κ3) is 8.80. The highest BCUT2D eigenvalue weighted by Gasteiger charge is 2.26. The molecule has 0 aromatic heterocycles. The Kier molecular flexibility index (Phi) is 11.5. The molecule has 0 unspecified atom stereocenters. The van der Waals surface area contributed by atoms with Gasteiger partial charge in [-0.2, -0.15) is 0 Å². The maximum atomic E-state index is 8.99. The standard InChI is InChI=1S/C18H29BrN2O2/c1-15(2)17(16(3)4)9-8-11-18(13-20-22,14-21-23)10-6-5-7-12-19/h9,13-16,22-23H,5-6,8,10-11H2,1-4H3/b20-13+,21-14+. The van der Waals surface area contributed by atoms with E-state index in [-0.39, 0.29) is 0 Å². The quantitative estimate of drug-likeness (QED) is 0.131. The van der Waals surface area contributed by atoms with E-state index >= 15 is 0 Å². The van der Waals surface area contributed by atoms with Crippen molar-refractivity contribution in [1.82, 2.24) is 0 Å². The lowest BCUT2D eigenvalue weighted by atomic mass is 9.80. The predicted molar refractivity (Wildman–Crippen MR) is 101 cm³/mol.